The predicted molar refractivity (Wildman–Crippen MR) is 75.2 cm³/mol. The highest BCUT2D eigenvalue weighted by molar-refractivity contribution is 4.92. The van der Waals surface area contributed by atoms with Gasteiger partial charge < -0.3 is 0 Å². The molecule has 0 saturated heterocycles. The largest absolute Gasteiger partial charge is 0.0882 e. The van der Waals surface area contributed by atoms with E-state index in [1.807, 2.05) is 0 Å². The van der Waals surface area contributed by atoms with Gasteiger partial charge in [-0.15, -0.1) is 0 Å². The van der Waals surface area contributed by atoms with E-state index in [0.29, 0.717) is 0 Å². The summed E-state index contributed by atoms with van der Waals surface area (Å²) in [7, 11) is 0. The Morgan fingerprint density at radius 2 is 1.12 bits per heavy atom. The van der Waals surface area contributed by atoms with Crippen molar-refractivity contribution in [2.45, 2.75) is 64.2 Å². The molecule has 0 aliphatic carbocycles. The molecule has 0 rings (SSSR count). The lowest BCUT2D eigenvalue weighted by molar-refractivity contribution is 0.651. The van der Waals surface area contributed by atoms with E-state index in [1.165, 1.54) is 44.9 Å². The molecule has 0 aromatic rings. The SMILES string of the molecule is [CH2]CCCC=CCC=CCCCCCC[CH2]. The monoisotopic (exact) mass is 220 g/mol. The predicted octanol–water partition coefficient (Wildman–Crippen LogP) is 5.67. The topological polar surface area (TPSA) is 0 Å². The summed E-state index contributed by atoms with van der Waals surface area (Å²) in [4.78, 5) is 0. The second-order valence-corrected chi connectivity index (χ2v) is 4.23. The van der Waals surface area contributed by atoms with E-state index >= 15 is 0 Å². The summed E-state index contributed by atoms with van der Waals surface area (Å²) in [5.74, 6) is 0. The van der Waals surface area contributed by atoms with Crippen LogP contribution in [0.25, 0.3) is 0 Å². The maximum Gasteiger partial charge on any atom is -0.0169 e. The van der Waals surface area contributed by atoms with Gasteiger partial charge >= 0.3 is 0 Å². The van der Waals surface area contributed by atoms with E-state index in [2.05, 4.69) is 38.2 Å². The van der Waals surface area contributed by atoms with Crippen LogP contribution in [0, 0.1) is 13.8 Å². The third-order valence-electron chi connectivity index (χ3n) is 2.60. The standard InChI is InChI=1S/C16H28/c1-3-5-7-9-11-13-15-16-14-12-10-8-6-4-2/h9,11,15-16H,1-8,10,12-14H2. The van der Waals surface area contributed by atoms with Gasteiger partial charge in [0.1, 0.15) is 0 Å². The minimum atomic E-state index is 1.05. The second-order valence-electron chi connectivity index (χ2n) is 4.23. The minimum absolute atomic E-state index is 1.05. The Bertz CT molecular complexity index is 165. The van der Waals surface area contributed by atoms with Crippen molar-refractivity contribution in [3.63, 3.8) is 0 Å². The van der Waals surface area contributed by atoms with Gasteiger partial charge in [0.2, 0.25) is 0 Å². The van der Waals surface area contributed by atoms with Crippen molar-refractivity contribution >= 4 is 0 Å². The van der Waals surface area contributed by atoms with E-state index < -0.39 is 0 Å². The van der Waals surface area contributed by atoms with E-state index in [4.69, 9.17) is 0 Å². The number of hydrogen-bond acceptors (Lipinski definition) is 0. The van der Waals surface area contributed by atoms with Crippen molar-refractivity contribution in [3.8, 4) is 0 Å². The molecule has 16 heavy (non-hydrogen) atoms. The second kappa shape index (κ2) is 14.5. The molecule has 0 fully saturated rings. The first-order valence-corrected chi connectivity index (χ1v) is 6.80. The molecule has 0 N–H and O–H groups in total. The van der Waals surface area contributed by atoms with Gasteiger partial charge in [-0.3, -0.25) is 0 Å². The molecule has 0 aliphatic rings. The van der Waals surface area contributed by atoms with Crippen molar-refractivity contribution in [2.75, 3.05) is 0 Å². The fourth-order valence-corrected chi connectivity index (χ4v) is 1.56. The summed E-state index contributed by atoms with van der Waals surface area (Å²) in [5, 5.41) is 0. The van der Waals surface area contributed by atoms with Crippen LogP contribution in [-0.2, 0) is 0 Å². The highest BCUT2D eigenvalue weighted by Crippen LogP contribution is 2.05. The van der Waals surface area contributed by atoms with Crippen LogP contribution in [0.1, 0.15) is 64.2 Å². The van der Waals surface area contributed by atoms with Crippen LogP contribution in [0.2, 0.25) is 0 Å². The quantitative estimate of drug-likeness (QED) is 0.311. The molecule has 0 aromatic heterocycles. The molecule has 0 heterocycles. The minimum Gasteiger partial charge on any atom is -0.0882 e. The summed E-state index contributed by atoms with van der Waals surface area (Å²) < 4.78 is 0. The maximum absolute atomic E-state index is 3.85. The molecule has 0 nitrogen and oxygen atoms in total. The lowest BCUT2D eigenvalue weighted by Crippen LogP contribution is -1.75. The molecular formula is C16H28. The summed E-state index contributed by atoms with van der Waals surface area (Å²) in [6.07, 6.45) is 21.3. The molecule has 2 radical (unpaired) electrons. The maximum atomic E-state index is 3.85. The molecule has 0 atom stereocenters. The van der Waals surface area contributed by atoms with Crippen LogP contribution in [0.3, 0.4) is 0 Å². The average Bonchev–Trinajstić information content (AvgIpc) is 2.31. The summed E-state index contributed by atoms with van der Waals surface area (Å²) >= 11 is 0. The highest BCUT2D eigenvalue weighted by Gasteiger charge is 1.85. The summed E-state index contributed by atoms with van der Waals surface area (Å²) in [5.41, 5.74) is 0. The molecule has 0 spiro atoms. The molecule has 0 bridgehead atoms. The third kappa shape index (κ3) is 13.5. The van der Waals surface area contributed by atoms with Gasteiger partial charge in [-0.2, -0.15) is 0 Å². The Kier molecular flexibility index (Phi) is 14.0. The average molecular weight is 220 g/mol. The Morgan fingerprint density at radius 1 is 0.562 bits per heavy atom. The van der Waals surface area contributed by atoms with E-state index in [0.717, 1.165) is 19.3 Å². The third-order valence-corrected chi connectivity index (χ3v) is 2.60. The zero-order chi connectivity index (χ0) is 11.9. The number of hydrogen-bond donors (Lipinski definition) is 0. The van der Waals surface area contributed by atoms with Crippen LogP contribution >= 0.6 is 0 Å². The Labute approximate surface area is 103 Å². The molecule has 0 amide bonds. The van der Waals surface area contributed by atoms with Crippen LogP contribution in [-0.4, -0.2) is 0 Å². The molecular weight excluding hydrogens is 192 g/mol. The van der Waals surface area contributed by atoms with Crippen LogP contribution in [0.4, 0.5) is 0 Å². The zero-order valence-corrected chi connectivity index (χ0v) is 10.8. The number of rotatable bonds is 11. The Balaban J connectivity index is 3.12. The van der Waals surface area contributed by atoms with Crippen molar-refractivity contribution < 1.29 is 0 Å². The van der Waals surface area contributed by atoms with Crippen LogP contribution in [0.5, 0.6) is 0 Å². The normalized spacial score (nSPS) is 11.9. The summed E-state index contributed by atoms with van der Waals surface area (Å²) in [6, 6.07) is 0. The van der Waals surface area contributed by atoms with Crippen LogP contribution in [0.15, 0.2) is 24.3 Å². The van der Waals surface area contributed by atoms with Crippen molar-refractivity contribution in [1.29, 1.82) is 0 Å². The van der Waals surface area contributed by atoms with Crippen LogP contribution < -0.4 is 0 Å². The fourth-order valence-electron chi connectivity index (χ4n) is 1.56. The molecule has 92 valence electrons. The summed E-state index contributed by atoms with van der Waals surface area (Å²) in [6.45, 7) is 7.67. The van der Waals surface area contributed by atoms with Gasteiger partial charge in [-0.25, -0.2) is 0 Å². The first-order chi connectivity index (χ1) is 7.91. The molecule has 0 aromatic carbocycles. The van der Waals surface area contributed by atoms with Crippen molar-refractivity contribution in [1.82, 2.24) is 0 Å². The van der Waals surface area contributed by atoms with Gasteiger partial charge in [-0.1, -0.05) is 70.3 Å². The molecule has 0 heteroatoms. The lowest BCUT2D eigenvalue weighted by atomic mass is 10.1. The van der Waals surface area contributed by atoms with E-state index in [1.54, 1.807) is 0 Å². The van der Waals surface area contributed by atoms with Gasteiger partial charge in [0, 0.05) is 0 Å². The van der Waals surface area contributed by atoms with Gasteiger partial charge in [0.25, 0.3) is 0 Å². The van der Waals surface area contributed by atoms with E-state index in [-0.39, 0.29) is 0 Å². The van der Waals surface area contributed by atoms with E-state index in [9.17, 15) is 0 Å². The lowest BCUT2D eigenvalue weighted by Gasteiger charge is -1.95. The fraction of sp³-hybridized carbons (Fsp3) is 0.625. The first kappa shape index (κ1) is 15.5. The number of unbranched alkanes of at least 4 members (excludes halogenated alkanes) is 7. The van der Waals surface area contributed by atoms with Gasteiger partial charge in [-0.05, 0) is 32.1 Å². The van der Waals surface area contributed by atoms with Gasteiger partial charge in [0.05, 0.1) is 0 Å². The van der Waals surface area contributed by atoms with Gasteiger partial charge in [0.15, 0.2) is 0 Å². The molecule has 0 unspecified atom stereocenters. The Hall–Kier alpha value is -0.520. The Morgan fingerprint density at radius 3 is 1.75 bits per heavy atom. The number of allylic oxidation sites excluding steroid dienone is 4. The zero-order valence-electron chi connectivity index (χ0n) is 10.8. The molecule has 0 aliphatic heterocycles. The first-order valence-electron chi connectivity index (χ1n) is 6.80. The molecule has 0 saturated carbocycles. The van der Waals surface area contributed by atoms with Crippen molar-refractivity contribution in [3.05, 3.63) is 38.2 Å². The smallest absolute Gasteiger partial charge is 0.0169 e. The highest BCUT2D eigenvalue weighted by atomic mass is 13.9. The van der Waals surface area contributed by atoms with Crippen molar-refractivity contribution in [2.24, 2.45) is 0 Å².